The van der Waals surface area contributed by atoms with E-state index in [2.05, 4.69) is 10.3 Å². The monoisotopic (exact) mass is 383 g/mol. The molecule has 1 aromatic heterocycles. The number of nitrogens with zero attached hydrogens (tertiary/aromatic N) is 2. The van der Waals surface area contributed by atoms with Crippen molar-refractivity contribution in [2.45, 2.75) is 13.5 Å². The summed E-state index contributed by atoms with van der Waals surface area (Å²) in [5, 5.41) is 3.21. The first-order chi connectivity index (χ1) is 13.5. The van der Waals surface area contributed by atoms with Crippen LogP contribution in [-0.4, -0.2) is 36.5 Å². The third kappa shape index (κ3) is 4.49. The molecular weight excluding hydrogens is 361 g/mol. The highest BCUT2D eigenvalue weighted by Crippen LogP contribution is 2.28. The summed E-state index contributed by atoms with van der Waals surface area (Å²) in [5.41, 5.74) is 1.89. The minimum Gasteiger partial charge on any atom is -0.492 e. The van der Waals surface area contributed by atoms with Gasteiger partial charge < -0.3 is 19.4 Å². The van der Waals surface area contributed by atoms with Crippen molar-refractivity contribution in [3.05, 3.63) is 65.9 Å². The minimum absolute atomic E-state index is 0.0973. The number of carbonyl (C=O) groups is 1. The SMILES string of the molecule is CCOc1cc(C(=O)N(C)C)ccc1NCc1ncc(-c2cccc(F)c2)o1. The van der Waals surface area contributed by atoms with Gasteiger partial charge in [0, 0.05) is 25.2 Å². The number of aromatic nitrogens is 1. The third-order valence-electron chi connectivity index (χ3n) is 4.03. The minimum atomic E-state index is -0.331. The van der Waals surface area contributed by atoms with Crippen molar-refractivity contribution in [3.63, 3.8) is 0 Å². The number of hydrogen-bond donors (Lipinski definition) is 1. The summed E-state index contributed by atoms with van der Waals surface area (Å²) in [7, 11) is 3.40. The van der Waals surface area contributed by atoms with Crippen molar-refractivity contribution in [2.24, 2.45) is 0 Å². The second-order valence-electron chi connectivity index (χ2n) is 6.33. The molecule has 0 aliphatic carbocycles. The van der Waals surface area contributed by atoms with Crippen LogP contribution in [0.1, 0.15) is 23.2 Å². The molecule has 0 saturated heterocycles. The van der Waals surface area contributed by atoms with Crippen LogP contribution in [0, 0.1) is 5.82 Å². The van der Waals surface area contributed by atoms with E-state index in [1.807, 2.05) is 6.92 Å². The van der Waals surface area contributed by atoms with E-state index < -0.39 is 0 Å². The summed E-state index contributed by atoms with van der Waals surface area (Å²) in [6, 6.07) is 11.4. The Morgan fingerprint density at radius 1 is 1.25 bits per heavy atom. The fourth-order valence-electron chi connectivity index (χ4n) is 2.67. The fraction of sp³-hybridized carbons (Fsp3) is 0.238. The molecule has 0 spiro atoms. The molecule has 1 N–H and O–H groups in total. The molecule has 3 aromatic rings. The molecule has 0 bridgehead atoms. The number of ether oxygens (including phenoxy) is 1. The van der Waals surface area contributed by atoms with Gasteiger partial charge in [0.15, 0.2) is 5.76 Å². The van der Waals surface area contributed by atoms with Crippen molar-refractivity contribution >= 4 is 11.6 Å². The summed E-state index contributed by atoms with van der Waals surface area (Å²) in [6.45, 7) is 2.66. The van der Waals surface area contributed by atoms with E-state index in [4.69, 9.17) is 9.15 Å². The average Bonchev–Trinajstić information content (AvgIpc) is 3.15. The molecule has 0 aliphatic rings. The van der Waals surface area contributed by atoms with Crippen LogP contribution in [0.4, 0.5) is 10.1 Å². The molecule has 0 atom stereocenters. The number of benzene rings is 2. The quantitative estimate of drug-likeness (QED) is 0.662. The van der Waals surface area contributed by atoms with Gasteiger partial charge in [0.05, 0.1) is 25.0 Å². The molecule has 28 heavy (non-hydrogen) atoms. The number of nitrogens with one attached hydrogen (secondary N) is 1. The fourth-order valence-corrected chi connectivity index (χ4v) is 2.67. The van der Waals surface area contributed by atoms with Gasteiger partial charge in [-0.2, -0.15) is 0 Å². The highest BCUT2D eigenvalue weighted by atomic mass is 19.1. The van der Waals surface area contributed by atoms with Gasteiger partial charge in [-0.05, 0) is 37.3 Å². The van der Waals surface area contributed by atoms with E-state index in [-0.39, 0.29) is 11.7 Å². The van der Waals surface area contributed by atoms with Crippen molar-refractivity contribution in [3.8, 4) is 17.1 Å². The van der Waals surface area contributed by atoms with Crippen molar-refractivity contribution in [2.75, 3.05) is 26.0 Å². The van der Waals surface area contributed by atoms with Crippen LogP contribution < -0.4 is 10.1 Å². The lowest BCUT2D eigenvalue weighted by Crippen LogP contribution is -2.21. The Hall–Kier alpha value is -3.35. The smallest absolute Gasteiger partial charge is 0.253 e. The van der Waals surface area contributed by atoms with E-state index in [1.165, 1.54) is 17.0 Å². The second kappa shape index (κ2) is 8.56. The molecule has 1 heterocycles. The summed E-state index contributed by atoms with van der Waals surface area (Å²) in [6.07, 6.45) is 1.56. The zero-order valence-corrected chi connectivity index (χ0v) is 16.0. The highest BCUT2D eigenvalue weighted by Gasteiger charge is 2.13. The highest BCUT2D eigenvalue weighted by molar-refractivity contribution is 5.95. The van der Waals surface area contributed by atoms with E-state index in [1.54, 1.807) is 50.6 Å². The van der Waals surface area contributed by atoms with Gasteiger partial charge >= 0.3 is 0 Å². The molecule has 3 rings (SSSR count). The zero-order valence-electron chi connectivity index (χ0n) is 16.0. The van der Waals surface area contributed by atoms with Crippen LogP contribution in [0.2, 0.25) is 0 Å². The first kappa shape index (κ1) is 19.4. The molecule has 146 valence electrons. The third-order valence-corrected chi connectivity index (χ3v) is 4.03. The summed E-state index contributed by atoms with van der Waals surface area (Å²) in [5.74, 6) is 1.10. The second-order valence-corrected chi connectivity index (χ2v) is 6.33. The number of rotatable bonds is 7. The van der Waals surface area contributed by atoms with Gasteiger partial charge in [0.1, 0.15) is 11.6 Å². The van der Waals surface area contributed by atoms with Crippen LogP contribution in [0.25, 0.3) is 11.3 Å². The molecule has 0 radical (unpaired) electrons. The first-order valence-corrected chi connectivity index (χ1v) is 8.91. The van der Waals surface area contributed by atoms with Crippen molar-refractivity contribution in [1.82, 2.24) is 9.88 Å². The van der Waals surface area contributed by atoms with Crippen LogP contribution in [0.15, 0.2) is 53.1 Å². The van der Waals surface area contributed by atoms with E-state index in [9.17, 15) is 9.18 Å². The van der Waals surface area contributed by atoms with Gasteiger partial charge in [0.25, 0.3) is 5.91 Å². The van der Waals surface area contributed by atoms with E-state index >= 15 is 0 Å². The predicted octanol–water partition coefficient (Wildman–Crippen LogP) is 4.19. The lowest BCUT2D eigenvalue weighted by Gasteiger charge is -2.15. The Morgan fingerprint density at radius 3 is 2.79 bits per heavy atom. The maximum atomic E-state index is 13.4. The Morgan fingerprint density at radius 2 is 2.07 bits per heavy atom. The lowest BCUT2D eigenvalue weighted by atomic mass is 10.1. The van der Waals surface area contributed by atoms with Crippen LogP contribution in [-0.2, 0) is 6.54 Å². The molecule has 1 amide bonds. The van der Waals surface area contributed by atoms with Crippen molar-refractivity contribution in [1.29, 1.82) is 0 Å². The number of anilines is 1. The largest absolute Gasteiger partial charge is 0.492 e. The number of amides is 1. The maximum Gasteiger partial charge on any atom is 0.253 e. The van der Waals surface area contributed by atoms with Gasteiger partial charge in [-0.25, -0.2) is 9.37 Å². The molecule has 0 fully saturated rings. The van der Waals surface area contributed by atoms with Gasteiger partial charge in [-0.3, -0.25) is 4.79 Å². The molecule has 0 saturated carbocycles. The normalized spacial score (nSPS) is 10.6. The zero-order chi connectivity index (χ0) is 20.1. The average molecular weight is 383 g/mol. The van der Waals surface area contributed by atoms with Crippen molar-refractivity contribution < 1.29 is 18.3 Å². The summed E-state index contributed by atoms with van der Waals surface area (Å²) in [4.78, 5) is 17.9. The van der Waals surface area contributed by atoms with Gasteiger partial charge in [-0.1, -0.05) is 12.1 Å². The number of hydrogen-bond acceptors (Lipinski definition) is 5. The molecule has 6 nitrogen and oxygen atoms in total. The molecule has 0 aliphatic heterocycles. The predicted molar refractivity (Wildman–Crippen MR) is 105 cm³/mol. The standard InChI is InChI=1S/C21H22FN3O3/c1-4-27-18-11-15(21(26)25(2)3)8-9-17(18)23-13-20-24-12-19(28-20)14-6-5-7-16(22)10-14/h5-12,23H,4,13H2,1-3H3. The Balaban J connectivity index is 1.74. The lowest BCUT2D eigenvalue weighted by molar-refractivity contribution is 0.0827. The van der Waals surface area contributed by atoms with E-state index in [0.29, 0.717) is 41.7 Å². The molecular formula is C21H22FN3O3. The molecule has 0 unspecified atom stereocenters. The maximum absolute atomic E-state index is 13.4. The topological polar surface area (TPSA) is 67.6 Å². The Bertz CT molecular complexity index is 969. The summed E-state index contributed by atoms with van der Waals surface area (Å²) >= 11 is 0. The Kier molecular flexibility index (Phi) is 5.93. The van der Waals surface area contributed by atoms with E-state index in [0.717, 1.165) is 5.69 Å². The van der Waals surface area contributed by atoms with Crippen LogP contribution in [0.5, 0.6) is 5.75 Å². The first-order valence-electron chi connectivity index (χ1n) is 8.91. The summed E-state index contributed by atoms with van der Waals surface area (Å²) < 4.78 is 24.7. The van der Waals surface area contributed by atoms with Gasteiger partial charge in [-0.15, -0.1) is 0 Å². The van der Waals surface area contributed by atoms with Gasteiger partial charge in [0.2, 0.25) is 5.89 Å². The van der Waals surface area contributed by atoms with Crippen LogP contribution in [0.3, 0.4) is 0 Å². The van der Waals surface area contributed by atoms with Crippen LogP contribution >= 0.6 is 0 Å². The molecule has 2 aromatic carbocycles. The number of carbonyl (C=O) groups excluding carboxylic acids is 1. The number of halogens is 1. The molecule has 7 heteroatoms. The number of oxazole rings is 1. The Labute approximate surface area is 162 Å².